The van der Waals surface area contributed by atoms with Crippen LogP contribution < -0.4 is 10.6 Å². The molecule has 0 aliphatic carbocycles. The Balaban J connectivity index is 0.00000256. The lowest BCUT2D eigenvalue weighted by Gasteiger charge is -2.34. The van der Waals surface area contributed by atoms with Crippen molar-refractivity contribution in [2.24, 2.45) is 4.99 Å². The van der Waals surface area contributed by atoms with E-state index >= 15 is 0 Å². The molecule has 3 heterocycles. The number of hydrogen-bond donors (Lipinski definition) is 2. The summed E-state index contributed by atoms with van der Waals surface area (Å²) < 4.78 is 5.93. The molecular formula is C23H38IN5O. The van der Waals surface area contributed by atoms with Gasteiger partial charge in [0.05, 0.1) is 18.2 Å². The Labute approximate surface area is 198 Å². The first-order valence-electron chi connectivity index (χ1n) is 11.4. The molecule has 3 unspecified atom stereocenters. The molecule has 1 aromatic carbocycles. The number of ether oxygens (including phenoxy) is 1. The van der Waals surface area contributed by atoms with E-state index < -0.39 is 0 Å². The highest BCUT2D eigenvalue weighted by Crippen LogP contribution is 2.34. The highest BCUT2D eigenvalue weighted by Gasteiger charge is 2.41. The number of benzene rings is 1. The molecule has 7 heteroatoms. The van der Waals surface area contributed by atoms with Gasteiger partial charge < -0.3 is 20.3 Å². The second-order valence-corrected chi connectivity index (χ2v) is 8.67. The number of fused-ring (bicyclic) bond motifs is 2. The van der Waals surface area contributed by atoms with Gasteiger partial charge >= 0.3 is 0 Å². The molecule has 2 bridgehead atoms. The number of unbranched alkanes of at least 4 members (excludes halogenated alkanes) is 1. The first kappa shape index (κ1) is 23.8. The van der Waals surface area contributed by atoms with Gasteiger partial charge in [-0.25, -0.2) is 0 Å². The molecule has 0 amide bonds. The monoisotopic (exact) mass is 527 g/mol. The molecule has 0 aromatic heterocycles. The van der Waals surface area contributed by atoms with Crippen molar-refractivity contribution in [1.82, 2.24) is 20.4 Å². The van der Waals surface area contributed by atoms with E-state index in [1.807, 2.05) is 7.05 Å². The summed E-state index contributed by atoms with van der Waals surface area (Å²) in [5.74, 6) is 0.931. The molecule has 0 radical (unpaired) electrons. The number of rotatable bonds is 8. The highest BCUT2D eigenvalue weighted by atomic mass is 127. The highest BCUT2D eigenvalue weighted by molar-refractivity contribution is 14.0. The van der Waals surface area contributed by atoms with Crippen LogP contribution in [0.2, 0.25) is 0 Å². The number of hydrogen-bond acceptors (Lipinski definition) is 4. The Morgan fingerprint density at radius 1 is 1.07 bits per heavy atom. The lowest BCUT2D eigenvalue weighted by atomic mass is 9.96. The largest absolute Gasteiger partial charge is 0.373 e. The fourth-order valence-corrected chi connectivity index (χ4v) is 4.84. The summed E-state index contributed by atoms with van der Waals surface area (Å²) in [5, 5.41) is 7.04. The first-order valence-corrected chi connectivity index (χ1v) is 11.4. The number of guanidine groups is 1. The van der Waals surface area contributed by atoms with Gasteiger partial charge in [-0.05, 0) is 44.2 Å². The Bertz CT molecular complexity index is 650. The van der Waals surface area contributed by atoms with Crippen LogP contribution in [0.4, 0.5) is 0 Å². The molecule has 3 saturated heterocycles. The molecule has 4 rings (SSSR count). The van der Waals surface area contributed by atoms with E-state index in [-0.39, 0.29) is 24.0 Å². The van der Waals surface area contributed by atoms with Gasteiger partial charge in [0.25, 0.3) is 0 Å². The van der Waals surface area contributed by atoms with Crippen molar-refractivity contribution in [3.05, 3.63) is 35.9 Å². The minimum Gasteiger partial charge on any atom is -0.373 e. The predicted octanol–water partition coefficient (Wildman–Crippen LogP) is 2.69. The Kier molecular flexibility index (Phi) is 9.67. The summed E-state index contributed by atoms with van der Waals surface area (Å²) in [6.45, 7) is 7.99. The van der Waals surface area contributed by atoms with Crippen LogP contribution in [-0.2, 0) is 11.3 Å². The number of halogens is 1. The van der Waals surface area contributed by atoms with Crippen molar-refractivity contribution >= 4 is 29.9 Å². The van der Waals surface area contributed by atoms with E-state index in [1.54, 1.807) is 0 Å². The van der Waals surface area contributed by atoms with Crippen LogP contribution in [-0.4, -0.2) is 80.3 Å². The molecule has 168 valence electrons. The molecule has 2 N–H and O–H groups in total. The van der Waals surface area contributed by atoms with E-state index in [0.717, 1.165) is 25.5 Å². The summed E-state index contributed by atoms with van der Waals surface area (Å²) in [4.78, 5) is 9.57. The van der Waals surface area contributed by atoms with Crippen molar-refractivity contribution in [1.29, 1.82) is 0 Å². The average molecular weight is 527 g/mol. The van der Waals surface area contributed by atoms with Crippen molar-refractivity contribution < 1.29 is 4.74 Å². The predicted molar refractivity (Wildman–Crippen MR) is 134 cm³/mol. The van der Waals surface area contributed by atoms with Gasteiger partial charge in [-0.1, -0.05) is 30.3 Å². The van der Waals surface area contributed by atoms with Crippen molar-refractivity contribution in [2.45, 2.75) is 56.9 Å². The molecule has 1 aromatic rings. The van der Waals surface area contributed by atoms with Crippen molar-refractivity contribution in [3.8, 4) is 0 Å². The number of piperazine rings is 1. The van der Waals surface area contributed by atoms with Gasteiger partial charge in [-0.15, -0.1) is 24.0 Å². The summed E-state index contributed by atoms with van der Waals surface area (Å²) in [7, 11) is 1.86. The maximum absolute atomic E-state index is 5.93. The summed E-state index contributed by atoms with van der Waals surface area (Å²) >= 11 is 0. The maximum Gasteiger partial charge on any atom is 0.191 e. The van der Waals surface area contributed by atoms with Crippen LogP contribution in [0.25, 0.3) is 0 Å². The minimum absolute atomic E-state index is 0. The Morgan fingerprint density at radius 2 is 1.83 bits per heavy atom. The maximum atomic E-state index is 5.93. The second-order valence-electron chi connectivity index (χ2n) is 8.67. The molecular weight excluding hydrogens is 489 g/mol. The van der Waals surface area contributed by atoms with E-state index in [9.17, 15) is 0 Å². The third kappa shape index (κ3) is 6.80. The van der Waals surface area contributed by atoms with Gasteiger partial charge in [0.15, 0.2) is 5.96 Å². The molecule has 3 fully saturated rings. The Morgan fingerprint density at radius 3 is 2.50 bits per heavy atom. The number of nitrogens with zero attached hydrogens (tertiary/aromatic N) is 3. The smallest absolute Gasteiger partial charge is 0.191 e. The van der Waals surface area contributed by atoms with E-state index in [0.29, 0.717) is 18.2 Å². The number of nitrogens with one attached hydrogen (secondary N) is 2. The third-order valence-corrected chi connectivity index (χ3v) is 6.56. The Hall–Kier alpha value is -0.900. The van der Waals surface area contributed by atoms with Crippen molar-refractivity contribution in [3.63, 3.8) is 0 Å². The minimum atomic E-state index is 0. The van der Waals surface area contributed by atoms with Crippen LogP contribution in [0, 0.1) is 0 Å². The zero-order valence-electron chi connectivity index (χ0n) is 18.3. The van der Waals surface area contributed by atoms with Gasteiger partial charge in [0.1, 0.15) is 0 Å². The second kappa shape index (κ2) is 12.2. The first-order chi connectivity index (χ1) is 14.3. The molecule has 0 spiro atoms. The van der Waals surface area contributed by atoms with Crippen LogP contribution in [0.3, 0.4) is 0 Å². The molecule has 0 saturated carbocycles. The quantitative estimate of drug-likeness (QED) is 0.236. The lowest BCUT2D eigenvalue weighted by Crippen LogP contribution is -2.47. The van der Waals surface area contributed by atoms with Crippen LogP contribution in [0.1, 0.15) is 37.7 Å². The standard InChI is InChI=1S/C23H37N5O.HI/c1-24-23(26-21-17-20-9-10-22(21)29-20)25-11-5-6-12-27-13-15-28(16-14-27)18-19-7-3-2-4-8-19;/h2-4,7-8,20-22H,5-6,9-18H2,1H3,(H2,24,25,26);1H. The molecule has 3 aliphatic heterocycles. The fraction of sp³-hybridized carbons (Fsp3) is 0.696. The summed E-state index contributed by atoms with van der Waals surface area (Å²) in [5.41, 5.74) is 1.42. The zero-order chi connectivity index (χ0) is 19.9. The third-order valence-electron chi connectivity index (χ3n) is 6.56. The van der Waals surface area contributed by atoms with Crippen LogP contribution in [0.5, 0.6) is 0 Å². The van der Waals surface area contributed by atoms with Crippen molar-refractivity contribution in [2.75, 3.05) is 46.3 Å². The SMILES string of the molecule is CN=C(NCCCCN1CCN(Cc2ccccc2)CC1)NC1CC2CCC1O2.I. The molecule has 3 atom stereocenters. The lowest BCUT2D eigenvalue weighted by molar-refractivity contribution is 0.0992. The normalized spacial score (nSPS) is 27.1. The number of aliphatic imine (C=N–C) groups is 1. The topological polar surface area (TPSA) is 52.1 Å². The summed E-state index contributed by atoms with van der Waals surface area (Å²) in [6.07, 6.45) is 6.83. The van der Waals surface area contributed by atoms with Gasteiger partial charge in [-0.3, -0.25) is 9.89 Å². The summed E-state index contributed by atoms with van der Waals surface area (Å²) in [6, 6.07) is 11.3. The van der Waals surface area contributed by atoms with E-state index in [2.05, 4.69) is 55.8 Å². The van der Waals surface area contributed by atoms with Gasteiger partial charge in [-0.2, -0.15) is 0 Å². The van der Waals surface area contributed by atoms with Gasteiger partial charge in [0.2, 0.25) is 0 Å². The van der Waals surface area contributed by atoms with Gasteiger partial charge in [0, 0.05) is 46.3 Å². The van der Waals surface area contributed by atoms with Crippen LogP contribution in [0.15, 0.2) is 35.3 Å². The average Bonchev–Trinajstić information content (AvgIpc) is 3.38. The molecule has 30 heavy (non-hydrogen) atoms. The van der Waals surface area contributed by atoms with Crippen LogP contribution >= 0.6 is 24.0 Å². The fourth-order valence-electron chi connectivity index (χ4n) is 4.84. The molecule has 3 aliphatic rings. The van der Waals surface area contributed by atoms with E-state index in [4.69, 9.17) is 4.74 Å². The van der Waals surface area contributed by atoms with E-state index in [1.165, 1.54) is 64.0 Å². The molecule has 6 nitrogen and oxygen atoms in total. The zero-order valence-corrected chi connectivity index (χ0v) is 20.6.